The molecule has 2 aromatic heterocycles. The van der Waals surface area contributed by atoms with Crippen LogP contribution in [0.1, 0.15) is 79.7 Å². The first kappa shape index (κ1) is 30.0. The zero-order chi connectivity index (χ0) is 30.7. The van der Waals surface area contributed by atoms with Gasteiger partial charge in [0, 0.05) is 11.6 Å². The predicted octanol–water partition coefficient (Wildman–Crippen LogP) is 5.75. The molecule has 0 saturated carbocycles. The number of rotatable bonds is 9. The molecular weight excluding hydrogens is 564 g/mol. The van der Waals surface area contributed by atoms with Crippen molar-refractivity contribution in [1.82, 2.24) is 4.57 Å². The van der Waals surface area contributed by atoms with Crippen LogP contribution < -0.4 is 14.9 Å². The third kappa shape index (κ3) is 6.03. The van der Waals surface area contributed by atoms with Gasteiger partial charge in [0.25, 0.3) is 5.56 Å². The van der Waals surface area contributed by atoms with E-state index in [0.29, 0.717) is 50.0 Å². The van der Waals surface area contributed by atoms with Crippen molar-refractivity contribution in [2.45, 2.75) is 52.5 Å². The molecule has 222 valence electrons. The molecule has 1 aliphatic heterocycles. The normalized spacial score (nSPS) is 14.9. The monoisotopic (exact) mass is 598 g/mol. The average Bonchev–Trinajstić information content (AvgIpc) is 3.60. The highest BCUT2D eigenvalue weighted by molar-refractivity contribution is 7.07. The van der Waals surface area contributed by atoms with Gasteiger partial charge in [0.15, 0.2) is 4.80 Å². The van der Waals surface area contributed by atoms with Crippen molar-refractivity contribution in [3.05, 3.63) is 114 Å². The summed E-state index contributed by atoms with van der Waals surface area (Å²) in [5.74, 6) is 0.554. The Morgan fingerprint density at radius 3 is 2.37 bits per heavy atom. The lowest BCUT2D eigenvalue weighted by Gasteiger charge is -2.26. The van der Waals surface area contributed by atoms with E-state index in [1.165, 1.54) is 24.0 Å². The van der Waals surface area contributed by atoms with Crippen LogP contribution in [0.4, 0.5) is 0 Å². The van der Waals surface area contributed by atoms with Crippen molar-refractivity contribution in [1.29, 1.82) is 0 Å². The summed E-state index contributed by atoms with van der Waals surface area (Å²) in [6, 6.07) is 17.9. The lowest BCUT2D eigenvalue weighted by Crippen LogP contribution is -2.40. The van der Waals surface area contributed by atoms with Gasteiger partial charge in [-0.2, -0.15) is 0 Å². The number of carbonyl (C=O) groups excluding carboxylic acids is 2. The summed E-state index contributed by atoms with van der Waals surface area (Å²) in [4.78, 5) is 44.5. The lowest BCUT2D eigenvalue weighted by atomic mass is 9.92. The molecule has 8 nitrogen and oxygen atoms in total. The van der Waals surface area contributed by atoms with Crippen molar-refractivity contribution < 1.29 is 23.5 Å². The summed E-state index contributed by atoms with van der Waals surface area (Å²) in [6.45, 7) is 8.27. The second-order valence-corrected chi connectivity index (χ2v) is 11.5. The highest BCUT2D eigenvalue weighted by Crippen LogP contribution is 2.33. The van der Waals surface area contributed by atoms with E-state index in [9.17, 15) is 14.4 Å². The minimum absolute atomic E-state index is 0.220. The van der Waals surface area contributed by atoms with E-state index in [-0.39, 0.29) is 12.2 Å². The van der Waals surface area contributed by atoms with Crippen LogP contribution in [0.2, 0.25) is 0 Å². The third-order valence-electron chi connectivity index (χ3n) is 7.30. The van der Waals surface area contributed by atoms with E-state index in [2.05, 4.69) is 13.8 Å². The number of nitrogens with zero attached hydrogens (tertiary/aromatic N) is 2. The summed E-state index contributed by atoms with van der Waals surface area (Å²) < 4.78 is 18.3. The maximum atomic E-state index is 14.0. The predicted molar refractivity (Wildman–Crippen MR) is 166 cm³/mol. The molecule has 0 N–H and O–H groups in total. The van der Waals surface area contributed by atoms with E-state index < -0.39 is 18.0 Å². The third-order valence-corrected chi connectivity index (χ3v) is 8.28. The van der Waals surface area contributed by atoms with Crippen molar-refractivity contribution in [3.8, 4) is 11.3 Å². The second-order valence-electron chi connectivity index (χ2n) is 10.5. The maximum absolute atomic E-state index is 14.0. The Hall–Kier alpha value is -4.50. The fourth-order valence-electron chi connectivity index (χ4n) is 5.10. The fraction of sp³-hybridized carbons (Fsp3) is 0.294. The van der Waals surface area contributed by atoms with Gasteiger partial charge >= 0.3 is 11.9 Å². The second kappa shape index (κ2) is 12.8. The number of hydrogen-bond donors (Lipinski definition) is 0. The molecule has 0 fully saturated rings. The zero-order valence-corrected chi connectivity index (χ0v) is 25.7. The summed E-state index contributed by atoms with van der Waals surface area (Å²) in [5, 5.41) is 0. The molecule has 1 aliphatic rings. The van der Waals surface area contributed by atoms with Crippen LogP contribution in [0.25, 0.3) is 17.4 Å². The van der Waals surface area contributed by atoms with Gasteiger partial charge < -0.3 is 13.9 Å². The summed E-state index contributed by atoms with van der Waals surface area (Å²) in [5.41, 5.74) is 3.98. The Labute approximate surface area is 253 Å². The Kier molecular flexibility index (Phi) is 8.92. The summed E-state index contributed by atoms with van der Waals surface area (Å²) in [7, 11) is 1.34. The Morgan fingerprint density at radius 1 is 1.02 bits per heavy atom. The van der Waals surface area contributed by atoms with Crippen LogP contribution in [0, 0.1) is 0 Å². The maximum Gasteiger partial charge on any atom is 0.338 e. The lowest BCUT2D eigenvalue weighted by molar-refractivity contribution is -0.139. The number of benzene rings is 2. The van der Waals surface area contributed by atoms with Crippen molar-refractivity contribution in [2.24, 2.45) is 4.99 Å². The molecule has 9 heteroatoms. The number of esters is 2. The van der Waals surface area contributed by atoms with Crippen molar-refractivity contribution in [3.63, 3.8) is 0 Å². The van der Waals surface area contributed by atoms with E-state index in [1.54, 1.807) is 47.9 Å². The van der Waals surface area contributed by atoms with Gasteiger partial charge in [0.1, 0.15) is 11.5 Å². The summed E-state index contributed by atoms with van der Waals surface area (Å²) >= 11 is 1.26. The zero-order valence-electron chi connectivity index (χ0n) is 24.9. The quantitative estimate of drug-likeness (QED) is 0.228. The number of thiazole rings is 1. The van der Waals surface area contributed by atoms with Gasteiger partial charge in [-0.1, -0.05) is 74.9 Å². The molecule has 0 unspecified atom stereocenters. The highest BCUT2D eigenvalue weighted by atomic mass is 32.1. The highest BCUT2D eigenvalue weighted by Gasteiger charge is 2.34. The molecular formula is C34H34N2O6S. The number of fused-ring (bicyclic) bond motifs is 1. The molecule has 0 radical (unpaired) electrons. The van der Waals surface area contributed by atoms with Crippen LogP contribution >= 0.6 is 11.3 Å². The van der Waals surface area contributed by atoms with Crippen molar-refractivity contribution >= 4 is 29.4 Å². The number of allylic oxidation sites excluding steroid dienone is 1. The van der Waals surface area contributed by atoms with Crippen LogP contribution in [-0.2, 0) is 14.3 Å². The van der Waals surface area contributed by atoms with E-state index in [4.69, 9.17) is 18.9 Å². The Bertz CT molecular complexity index is 1860. The average molecular weight is 599 g/mol. The molecule has 3 heterocycles. The van der Waals surface area contributed by atoms with Crippen molar-refractivity contribution in [2.75, 3.05) is 13.7 Å². The standard InChI is InChI=1S/C34H34N2O6S/c1-6-8-26-29(33(39)41-7-2)30(23-13-9-21(10-14-23)20(3)4)36-31(37)28(43-34(36)35-26)19-25-17-18-27(42-25)22-11-15-24(16-12-22)32(38)40-5/h9-20,30H,6-8H2,1-5H3/b28-19-/t30-/m1/s1. The van der Waals surface area contributed by atoms with Gasteiger partial charge in [0.2, 0.25) is 0 Å². The topological polar surface area (TPSA) is 100 Å². The van der Waals surface area contributed by atoms with Crippen LogP contribution in [-0.4, -0.2) is 30.2 Å². The molecule has 0 spiro atoms. The number of furan rings is 1. The Balaban J connectivity index is 1.61. The van der Waals surface area contributed by atoms with Crippen LogP contribution in [0.5, 0.6) is 0 Å². The molecule has 4 aromatic rings. The number of hydrogen-bond acceptors (Lipinski definition) is 8. The molecule has 1 atom stereocenters. The fourth-order valence-corrected chi connectivity index (χ4v) is 6.10. The SMILES string of the molecule is CCCC1=C(C(=O)OCC)[C@@H](c2ccc(C(C)C)cc2)n2c(s/c(=C\c3ccc(-c4ccc(C(=O)OC)cc4)o3)c2=O)=N1. The van der Waals surface area contributed by atoms with Crippen LogP contribution in [0.3, 0.4) is 0 Å². The van der Waals surface area contributed by atoms with E-state index in [0.717, 1.165) is 17.5 Å². The van der Waals surface area contributed by atoms with Gasteiger partial charge in [-0.05, 0) is 54.7 Å². The largest absolute Gasteiger partial charge is 0.465 e. The minimum atomic E-state index is -0.666. The number of carbonyl (C=O) groups is 2. The smallest absolute Gasteiger partial charge is 0.338 e. The molecule has 43 heavy (non-hydrogen) atoms. The van der Waals surface area contributed by atoms with Gasteiger partial charge in [-0.25, -0.2) is 14.6 Å². The first-order valence-electron chi connectivity index (χ1n) is 14.4. The van der Waals surface area contributed by atoms with Gasteiger partial charge in [0.05, 0.1) is 41.1 Å². The Morgan fingerprint density at radius 2 is 1.74 bits per heavy atom. The van der Waals surface area contributed by atoms with Gasteiger partial charge in [-0.15, -0.1) is 0 Å². The number of ether oxygens (including phenoxy) is 2. The minimum Gasteiger partial charge on any atom is -0.465 e. The number of methoxy groups -OCH3 is 1. The summed E-state index contributed by atoms with van der Waals surface area (Å²) in [6.07, 6.45) is 3.06. The molecule has 0 saturated heterocycles. The van der Waals surface area contributed by atoms with E-state index >= 15 is 0 Å². The molecule has 0 aliphatic carbocycles. The molecule has 5 rings (SSSR count). The van der Waals surface area contributed by atoms with Gasteiger partial charge in [-0.3, -0.25) is 9.36 Å². The molecule has 0 amide bonds. The first-order chi connectivity index (χ1) is 20.7. The van der Waals surface area contributed by atoms with E-state index in [1.807, 2.05) is 37.3 Å². The molecule has 2 aromatic carbocycles. The molecule has 0 bridgehead atoms. The number of aromatic nitrogens is 1. The first-order valence-corrected chi connectivity index (χ1v) is 15.2. The van der Waals surface area contributed by atoms with Crippen LogP contribution in [0.15, 0.2) is 86.1 Å².